The summed E-state index contributed by atoms with van der Waals surface area (Å²) in [4.78, 5) is 0. The van der Waals surface area contributed by atoms with Gasteiger partial charge >= 0.3 is 0 Å². The van der Waals surface area contributed by atoms with Crippen molar-refractivity contribution in [1.29, 1.82) is 0 Å². The van der Waals surface area contributed by atoms with E-state index >= 15 is 0 Å². The van der Waals surface area contributed by atoms with Crippen molar-refractivity contribution in [1.82, 2.24) is 0 Å². The SMILES string of the molecule is C=CC(C)/C(=C\N)c1ccc(C(/C=C(/C)C(C)C)=C/C)cc1/C=C\CC. The van der Waals surface area contributed by atoms with Gasteiger partial charge in [-0.05, 0) is 66.3 Å². The molecule has 1 aromatic rings. The minimum absolute atomic E-state index is 0.212. The molecule has 0 heterocycles. The van der Waals surface area contributed by atoms with E-state index in [1.165, 1.54) is 27.8 Å². The molecule has 0 aromatic heterocycles. The number of benzene rings is 1. The van der Waals surface area contributed by atoms with E-state index in [1.807, 2.05) is 6.08 Å². The second-order valence-electron chi connectivity index (χ2n) is 7.05. The molecule has 0 saturated carbocycles. The minimum Gasteiger partial charge on any atom is -0.404 e. The number of rotatable bonds is 8. The summed E-state index contributed by atoms with van der Waals surface area (Å²) in [6.07, 6.45) is 13.5. The maximum atomic E-state index is 5.95. The van der Waals surface area contributed by atoms with Gasteiger partial charge in [-0.25, -0.2) is 0 Å². The first-order valence-electron chi connectivity index (χ1n) is 9.59. The lowest BCUT2D eigenvalue weighted by molar-refractivity contribution is 0.770. The lowest BCUT2D eigenvalue weighted by Gasteiger charge is -2.17. The average molecular weight is 350 g/mol. The van der Waals surface area contributed by atoms with Crippen LogP contribution in [-0.2, 0) is 0 Å². The standard InChI is InChI=1S/C25H35N/c1-8-11-12-23-16-22(21(10-3)15-20(7)18(4)5)13-14-24(23)25(17-26)19(6)9-2/h9-19H,2,8,26H2,1,3-7H3/b12-11-,20-15-,21-10+,25-17+. The summed E-state index contributed by atoms with van der Waals surface area (Å²) in [6.45, 7) is 16.9. The van der Waals surface area contributed by atoms with E-state index in [4.69, 9.17) is 5.73 Å². The molecule has 1 heteroatoms. The van der Waals surface area contributed by atoms with Crippen LogP contribution in [0.2, 0.25) is 0 Å². The van der Waals surface area contributed by atoms with Gasteiger partial charge in [-0.15, -0.1) is 6.58 Å². The second-order valence-corrected chi connectivity index (χ2v) is 7.05. The van der Waals surface area contributed by atoms with Crippen LogP contribution < -0.4 is 5.73 Å². The van der Waals surface area contributed by atoms with E-state index in [1.54, 1.807) is 6.20 Å². The van der Waals surface area contributed by atoms with Gasteiger partial charge in [0.2, 0.25) is 0 Å². The molecule has 0 aliphatic carbocycles. The summed E-state index contributed by atoms with van der Waals surface area (Å²) in [5.74, 6) is 0.757. The molecule has 0 fully saturated rings. The van der Waals surface area contributed by atoms with Crippen LogP contribution in [-0.4, -0.2) is 0 Å². The molecule has 0 radical (unpaired) electrons. The van der Waals surface area contributed by atoms with Crippen molar-refractivity contribution in [2.24, 2.45) is 17.6 Å². The Balaban J connectivity index is 3.50. The van der Waals surface area contributed by atoms with Crippen LogP contribution in [0, 0.1) is 11.8 Å². The molecule has 1 nitrogen and oxygen atoms in total. The smallest absolute Gasteiger partial charge is 0.000724 e. The van der Waals surface area contributed by atoms with E-state index in [-0.39, 0.29) is 5.92 Å². The molecular weight excluding hydrogens is 314 g/mol. The molecule has 2 N–H and O–H groups in total. The quantitative estimate of drug-likeness (QED) is 0.388. The van der Waals surface area contributed by atoms with Crippen molar-refractivity contribution in [2.75, 3.05) is 0 Å². The number of hydrogen-bond donors (Lipinski definition) is 1. The number of nitrogens with two attached hydrogens (primary N) is 1. The van der Waals surface area contributed by atoms with Gasteiger partial charge in [-0.3, -0.25) is 0 Å². The fourth-order valence-corrected chi connectivity index (χ4v) is 2.75. The van der Waals surface area contributed by atoms with Gasteiger partial charge in [0.25, 0.3) is 0 Å². The molecule has 140 valence electrons. The van der Waals surface area contributed by atoms with Crippen LogP contribution in [0.25, 0.3) is 17.2 Å². The fourth-order valence-electron chi connectivity index (χ4n) is 2.75. The Morgan fingerprint density at radius 1 is 1.23 bits per heavy atom. The summed E-state index contributed by atoms with van der Waals surface area (Å²) < 4.78 is 0. The van der Waals surface area contributed by atoms with Crippen molar-refractivity contribution in [3.8, 4) is 0 Å². The minimum atomic E-state index is 0.212. The van der Waals surface area contributed by atoms with Gasteiger partial charge in [0.1, 0.15) is 0 Å². The molecular formula is C25H35N. The van der Waals surface area contributed by atoms with Crippen LogP contribution >= 0.6 is 0 Å². The fraction of sp³-hybridized carbons (Fsp3) is 0.360. The Labute approximate surface area is 160 Å². The molecule has 1 unspecified atom stereocenters. The van der Waals surface area contributed by atoms with Crippen LogP contribution in [0.3, 0.4) is 0 Å². The van der Waals surface area contributed by atoms with Gasteiger partial charge in [0.05, 0.1) is 0 Å². The Bertz CT molecular complexity index is 727. The molecule has 1 atom stereocenters. The van der Waals surface area contributed by atoms with Gasteiger partial charge in [0, 0.05) is 5.92 Å². The Kier molecular flexibility index (Phi) is 8.92. The molecule has 0 aliphatic rings. The maximum absolute atomic E-state index is 5.95. The third-order valence-corrected chi connectivity index (χ3v) is 4.86. The predicted octanol–water partition coefficient (Wildman–Crippen LogP) is 7.24. The summed E-state index contributed by atoms with van der Waals surface area (Å²) in [6, 6.07) is 6.64. The molecule has 0 saturated heterocycles. The first-order valence-corrected chi connectivity index (χ1v) is 9.59. The molecule has 0 aliphatic heterocycles. The van der Waals surface area contributed by atoms with Crippen molar-refractivity contribution < 1.29 is 0 Å². The highest BCUT2D eigenvalue weighted by molar-refractivity contribution is 5.81. The molecule has 0 spiro atoms. The molecule has 1 rings (SSSR count). The predicted molar refractivity (Wildman–Crippen MR) is 120 cm³/mol. The highest BCUT2D eigenvalue weighted by Crippen LogP contribution is 2.31. The van der Waals surface area contributed by atoms with Crippen molar-refractivity contribution >= 4 is 17.2 Å². The third kappa shape index (κ3) is 5.62. The zero-order valence-corrected chi connectivity index (χ0v) is 17.3. The zero-order valence-electron chi connectivity index (χ0n) is 17.3. The van der Waals surface area contributed by atoms with Crippen LogP contribution in [0.4, 0.5) is 0 Å². The zero-order chi connectivity index (χ0) is 19.7. The van der Waals surface area contributed by atoms with Gasteiger partial charge in [-0.1, -0.05) is 75.8 Å². The van der Waals surface area contributed by atoms with Crippen LogP contribution in [0.15, 0.2) is 60.9 Å². The largest absolute Gasteiger partial charge is 0.404 e. The molecule has 0 bridgehead atoms. The van der Waals surface area contributed by atoms with Gasteiger partial charge in [-0.2, -0.15) is 0 Å². The van der Waals surface area contributed by atoms with Crippen molar-refractivity contribution in [3.63, 3.8) is 0 Å². The van der Waals surface area contributed by atoms with Gasteiger partial charge < -0.3 is 5.73 Å². The van der Waals surface area contributed by atoms with E-state index in [0.717, 1.165) is 12.0 Å². The number of allylic oxidation sites excluding steroid dienone is 7. The third-order valence-electron chi connectivity index (χ3n) is 4.86. The first-order chi connectivity index (χ1) is 12.4. The Morgan fingerprint density at radius 2 is 1.92 bits per heavy atom. The molecule has 1 aromatic carbocycles. The molecule has 0 amide bonds. The second kappa shape index (κ2) is 10.7. The normalized spacial score (nSPS) is 15.0. The molecule has 26 heavy (non-hydrogen) atoms. The number of hydrogen-bond acceptors (Lipinski definition) is 1. The van der Waals surface area contributed by atoms with Crippen LogP contribution in [0.5, 0.6) is 0 Å². The van der Waals surface area contributed by atoms with E-state index < -0.39 is 0 Å². The average Bonchev–Trinajstić information content (AvgIpc) is 2.64. The summed E-state index contributed by atoms with van der Waals surface area (Å²) in [7, 11) is 0. The lowest BCUT2D eigenvalue weighted by Crippen LogP contribution is -2.01. The maximum Gasteiger partial charge on any atom is 0.000724 e. The highest BCUT2D eigenvalue weighted by Gasteiger charge is 2.12. The lowest BCUT2D eigenvalue weighted by atomic mass is 9.88. The summed E-state index contributed by atoms with van der Waals surface area (Å²) in [5.41, 5.74) is 13.3. The van der Waals surface area contributed by atoms with Crippen molar-refractivity contribution in [3.05, 3.63) is 77.5 Å². The topological polar surface area (TPSA) is 26.0 Å². The summed E-state index contributed by atoms with van der Waals surface area (Å²) >= 11 is 0. The first kappa shape index (κ1) is 21.8. The highest BCUT2D eigenvalue weighted by atomic mass is 14.5. The van der Waals surface area contributed by atoms with Crippen LogP contribution in [0.1, 0.15) is 64.7 Å². The van der Waals surface area contributed by atoms with E-state index in [0.29, 0.717) is 5.92 Å². The Hall–Kier alpha value is -2.28. The van der Waals surface area contributed by atoms with E-state index in [2.05, 4.69) is 90.6 Å². The van der Waals surface area contributed by atoms with E-state index in [9.17, 15) is 0 Å². The summed E-state index contributed by atoms with van der Waals surface area (Å²) in [5, 5.41) is 0. The van der Waals surface area contributed by atoms with Gasteiger partial charge in [0.15, 0.2) is 0 Å². The monoisotopic (exact) mass is 349 g/mol. The van der Waals surface area contributed by atoms with Crippen molar-refractivity contribution in [2.45, 2.75) is 48.0 Å². The Morgan fingerprint density at radius 3 is 2.42 bits per heavy atom.